The van der Waals surface area contributed by atoms with Crippen molar-refractivity contribution in [3.05, 3.63) is 0 Å². The summed E-state index contributed by atoms with van der Waals surface area (Å²) in [6.07, 6.45) is 0. The van der Waals surface area contributed by atoms with Crippen molar-refractivity contribution in [1.29, 1.82) is 31.6 Å². The maximum Gasteiger partial charge on any atom is -0.369 e. The van der Waals surface area contributed by atoms with Gasteiger partial charge in [-0.25, -0.2) is 0 Å². The number of hydrogen-bond donors (Lipinski definition) is 2. The smallest absolute Gasteiger partial charge is 0.369 e. The van der Waals surface area contributed by atoms with E-state index in [0.29, 0.717) is 0 Å². The largest absolute Gasteiger partial charge is 0.369 e. The third-order valence-corrected chi connectivity index (χ3v) is 5.65. The quantitative estimate of drug-likeness (QED) is 0.628. The van der Waals surface area contributed by atoms with Crippen molar-refractivity contribution in [2.45, 2.75) is 0 Å². The predicted octanol–water partition coefficient (Wildman–Crippen LogP) is 0.851. The summed E-state index contributed by atoms with van der Waals surface area (Å²) < 4.78 is 0. The topological polar surface area (TPSA) is 216 Å². The third kappa shape index (κ3) is 1.34. The summed E-state index contributed by atoms with van der Waals surface area (Å²) in [5, 5.41) is 51.5. The molecule has 78 valence electrons. The first-order valence-corrected chi connectivity index (χ1v) is 6.39. The minimum atomic E-state index is -6.43. The first kappa shape index (κ1) is 18.2. The van der Waals surface area contributed by atoms with Crippen LogP contribution in [-0.2, 0) is 10.9 Å². The summed E-state index contributed by atoms with van der Waals surface area (Å²) >= 11 is 0. The van der Waals surface area contributed by atoms with Gasteiger partial charge in [-0.15, -0.1) is 0 Å². The van der Waals surface area contributed by atoms with Gasteiger partial charge in [0, 0.05) is 0 Å². The van der Waals surface area contributed by atoms with Crippen molar-refractivity contribution in [2.24, 2.45) is 0 Å². The Morgan fingerprint density at radius 1 is 0.467 bits per heavy atom. The molecule has 0 aromatic carbocycles. The fraction of sp³-hybridized carbons (Fsp3) is 0. The summed E-state index contributed by atoms with van der Waals surface area (Å²) in [4.78, 5) is 6.31. The molecule has 9 heteroatoms. The Morgan fingerprint density at radius 3 is 0.600 bits per heavy atom. The molecule has 0 heterocycles. The Bertz CT molecular complexity index is 389. The molecule has 0 aliphatic heterocycles. The van der Waals surface area contributed by atoms with E-state index in [1.807, 2.05) is 0 Å². The van der Waals surface area contributed by atoms with E-state index in [4.69, 9.17) is 31.6 Å². The van der Waals surface area contributed by atoms with Crippen LogP contribution >= 0.6 is 0 Å². The van der Waals surface area contributed by atoms with Crippen molar-refractivity contribution in [1.82, 2.24) is 12.3 Å². The zero-order valence-corrected chi connectivity index (χ0v) is 9.37. The van der Waals surface area contributed by atoms with Gasteiger partial charge in [-0.3, -0.25) is 0 Å². The maximum absolute atomic E-state index is 8.59. The second-order valence-corrected chi connectivity index (χ2v) is 8.57. The standard InChI is InChI=1S/6CN.Cr.2H3N/c6*1-2;;;/h;;;;;;;2*1H3/q;;;;;;-2;;/p+2. The molecule has 8 nitrogen and oxygen atoms in total. The van der Waals surface area contributed by atoms with E-state index in [2.05, 4.69) is 0 Å². The molecule has 0 aliphatic rings. The van der Waals surface area contributed by atoms with Crippen molar-refractivity contribution in [3.63, 3.8) is 0 Å². The van der Waals surface area contributed by atoms with Crippen molar-refractivity contribution >= 4 is 0 Å². The van der Waals surface area contributed by atoms with E-state index < -0.39 is 10.9 Å². The van der Waals surface area contributed by atoms with E-state index in [-0.39, 0.29) is 12.3 Å². The molecular formula is C6H8CrN8. The molecule has 0 spiro atoms. The molecule has 0 saturated carbocycles. The average Bonchev–Trinajstić information content (AvgIpc) is 2.26. The Kier molecular flexibility index (Phi) is 4.42. The Balaban J connectivity index is -0.000000720. The molecule has 0 aromatic rings. The first-order chi connectivity index (χ1) is 5.97. The third-order valence-electron chi connectivity index (χ3n) is 1.37. The van der Waals surface area contributed by atoms with Crippen LogP contribution < -0.4 is 12.3 Å². The molecule has 0 aromatic heterocycles. The van der Waals surface area contributed by atoms with Gasteiger partial charge in [0.15, 0.2) is 0 Å². The molecule has 0 atom stereocenters. The van der Waals surface area contributed by atoms with Crippen LogP contribution in [-0.4, -0.2) is 0 Å². The van der Waals surface area contributed by atoms with Crippen molar-refractivity contribution in [3.8, 4) is 29.6 Å². The monoisotopic (exact) mass is 244 g/mol. The maximum atomic E-state index is 8.59. The molecule has 0 saturated heterocycles. The van der Waals surface area contributed by atoms with Gasteiger partial charge in [-0.1, -0.05) is 0 Å². The molecule has 0 amide bonds. The molecule has 0 rings (SSSR count). The van der Waals surface area contributed by atoms with Crippen LogP contribution in [0.15, 0.2) is 0 Å². The molecular weight excluding hydrogens is 236 g/mol. The van der Waals surface area contributed by atoms with E-state index >= 15 is 0 Å². The molecule has 0 bridgehead atoms. The van der Waals surface area contributed by atoms with Gasteiger partial charge in [0.25, 0.3) is 0 Å². The van der Waals surface area contributed by atoms with E-state index in [9.17, 15) is 0 Å². The van der Waals surface area contributed by atoms with E-state index in [1.165, 1.54) is 0 Å². The molecule has 0 fully saturated rings. The normalized spacial score (nSPS) is 11.6. The van der Waals surface area contributed by atoms with Crippen molar-refractivity contribution in [2.75, 3.05) is 0 Å². The van der Waals surface area contributed by atoms with Crippen LogP contribution in [0, 0.1) is 61.2 Å². The second kappa shape index (κ2) is 3.64. The van der Waals surface area contributed by atoms with Crippen LogP contribution in [0.2, 0.25) is 0 Å². The first-order valence-electron chi connectivity index (χ1n) is 2.57. The minimum Gasteiger partial charge on any atom is -0.369 e. The van der Waals surface area contributed by atoms with Gasteiger partial charge >= 0.3 is 72.1 Å². The molecule has 0 aliphatic carbocycles. The Hall–Kier alpha value is -2.61. The molecule has 8 N–H and O–H groups in total. The van der Waals surface area contributed by atoms with Gasteiger partial charge in [-0.05, 0) is 0 Å². The summed E-state index contributed by atoms with van der Waals surface area (Å²) in [7, 11) is -6.43. The van der Waals surface area contributed by atoms with Gasteiger partial charge in [0.1, 0.15) is 0 Å². The Morgan fingerprint density at radius 2 is 0.600 bits per heavy atom. The van der Waals surface area contributed by atoms with E-state index in [1.54, 1.807) is 0 Å². The van der Waals surface area contributed by atoms with Crippen LogP contribution in [0.25, 0.3) is 0 Å². The minimum absolute atomic E-state index is 0. The van der Waals surface area contributed by atoms with Gasteiger partial charge < -0.3 is 12.3 Å². The summed E-state index contributed by atoms with van der Waals surface area (Å²) in [5.74, 6) is 0. The van der Waals surface area contributed by atoms with Crippen LogP contribution in [0.3, 0.4) is 0 Å². The summed E-state index contributed by atoms with van der Waals surface area (Å²) in [6.45, 7) is 0. The SMILES string of the molecule is N#[C][Cr-2]([C]#N)([C]#N)([C]#N)([C]#N)[C]#N.[NH4+].[NH4+]. The number of quaternary nitrogens is 2. The number of rotatable bonds is 0. The molecule has 0 unspecified atom stereocenters. The number of hydrogen-bond acceptors (Lipinski definition) is 6. The van der Waals surface area contributed by atoms with Crippen LogP contribution in [0.4, 0.5) is 0 Å². The van der Waals surface area contributed by atoms with Crippen LogP contribution in [0.1, 0.15) is 0 Å². The average molecular weight is 244 g/mol. The zero-order valence-electron chi connectivity index (χ0n) is 8.09. The van der Waals surface area contributed by atoms with Gasteiger partial charge in [0.05, 0.1) is 0 Å². The van der Waals surface area contributed by atoms with Gasteiger partial charge in [0.2, 0.25) is 0 Å². The van der Waals surface area contributed by atoms with Crippen LogP contribution in [0.5, 0.6) is 0 Å². The predicted molar refractivity (Wildman–Crippen MR) is 45.6 cm³/mol. The Labute approximate surface area is 84.8 Å². The summed E-state index contributed by atoms with van der Waals surface area (Å²) in [5.41, 5.74) is 0. The fourth-order valence-corrected chi connectivity index (χ4v) is 1.26. The zero-order chi connectivity index (χ0) is 10.7. The van der Waals surface area contributed by atoms with Crippen molar-refractivity contribution < 1.29 is 10.9 Å². The number of nitriles is 6. The fourth-order valence-electron chi connectivity index (χ4n) is 0.306. The number of nitrogens with zero attached hydrogens (tertiary/aromatic N) is 6. The molecule has 15 heavy (non-hydrogen) atoms. The van der Waals surface area contributed by atoms with E-state index in [0.717, 1.165) is 29.6 Å². The van der Waals surface area contributed by atoms with Gasteiger partial charge in [-0.2, -0.15) is 0 Å². The molecule has 0 radical (unpaired) electrons. The summed E-state index contributed by atoms with van der Waals surface area (Å²) in [6, 6.07) is 0. The second-order valence-electron chi connectivity index (χ2n) is 2.08.